The molecule has 2 aromatic carbocycles. The number of hydrogen-bond acceptors (Lipinski definition) is 4. The van der Waals surface area contributed by atoms with Crippen LogP contribution in [0.25, 0.3) is 0 Å². The van der Waals surface area contributed by atoms with Gasteiger partial charge in [-0.05, 0) is 36.6 Å². The highest BCUT2D eigenvalue weighted by Crippen LogP contribution is 2.46. The van der Waals surface area contributed by atoms with Gasteiger partial charge in [0.1, 0.15) is 5.82 Å². The Labute approximate surface area is 173 Å². The molecule has 1 aliphatic heterocycles. The molecule has 4 rings (SSSR count). The molecule has 4 nitrogen and oxygen atoms in total. The topological polar surface area (TPSA) is 70.1 Å². The largest absolute Gasteiger partial charge is 0.384 e. The zero-order chi connectivity index (χ0) is 19.8. The monoisotopic (exact) mass is 409 g/mol. The Bertz CT molecular complexity index is 1070. The number of rotatable bonds is 2. The maximum atomic E-state index is 13.0. The minimum Gasteiger partial charge on any atom is -0.384 e. The summed E-state index contributed by atoms with van der Waals surface area (Å²) in [6, 6.07) is 17.0. The van der Waals surface area contributed by atoms with Gasteiger partial charge in [-0.3, -0.25) is 9.69 Å². The van der Waals surface area contributed by atoms with Crippen LogP contribution in [-0.4, -0.2) is 5.78 Å². The van der Waals surface area contributed by atoms with Crippen molar-refractivity contribution in [3.05, 3.63) is 86.8 Å². The molecule has 1 aliphatic carbocycles. The van der Waals surface area contributed by atoms with Gasteiger partial charge >= 0.3 is 0 Å². The normalized spacial score (nSPS) is 19.5. The summed E-state index contributed by atoms with van der Waals surface area (Å²) in [5.74, 6) is -0.0726. The number of benzene rings is 2. The van der Waals surface area contributed by atoms with Crippen molar-refractivity contribution in [1.82, 2.24) is 0 Å². The summed E-state index contributed by atoms with van der Waals surface area (Å²) in [5, 5.41) is 10.8. The molecule has 1 heterocycles. The van der Waals surface area contributed by atoms with Gasteiger partial charge < -0.3 is 5.73 Å². The Balaban J connectivity index is 1.97. The molecule has 1 atom stereocenters. The lowest BCUT2D eigenvalue weighted by Crippen LogP contribution is -2.38. The maximum Gasteiger partial charge on any atom is 0.161 e. The van der Waals surface area contributed by atoms with Crippen molar-refractivity contribution in [3.63, 3.8) is 0 Å². The van der Waals surface area contributed by atoms with Crippen LogP contribution < -0.4 is 10.6 Å². The first-order valence-corrected chi connectivity index (χ1v) is 9.74. The summed E-state index contributed by atoms with van der Waals surface area (Å²) in [6.45, 7) is 0. The van der Waals surface area contributed by atoms with Gasteiger partial charge in [0.2, 0.25) is 0 Å². The molecular formula is C22H17Cl2N3O. The minimum absolute atomic E-state index is 0.0559. The second-order valence-electron chi connectivity index (χ2n) is 6.83. The summed E-state index contributed by atoms with van der Waals surface area (Å²) in [4.78, 5) is 14.8. The molecule has 0 saturated heterocycles. The van der Waals surface area contributed by atoms with Crippen molar-refractivity contribution in [2.24, 2.45) is 5.73 Å². The van der Waals surface area contributed by atoms with E-state index in [-0.39, 0.29) is 5.78 Å². The highest BCUT2D eigenvalue weighted by molar-refractivity contribution is 6.42. The Morgan fingerprint density at radius 2 is 1.82 bits per heavy atom. The maximum absolute atomic E-state index is 13.0. The summed E-state index contributed by atoms with van der Waals surface area (Å²) >= 11 is 12.3. The number of nitrogens with zero attached hydrogens (tertiary/aromatic N) is 2. The molecule has 0 radical (unpaired) electrons. The first-order valence-electron chi connectivity index (χ1n) is 8.99. The third kappa shape index (κ3) is 2.97. The van der Waals surface area contributed by atoms with E-state index in [0.717, 1.165) is 17.7 Å². The van der Waals surface area contributed by atoms with Crippen LogP contribution in [0.5, 0.6) is 0 Å². The number of Topliss-reactive ketones (excluding diaryl/α,β-unsaturated/α-hetero) is 1. The molecule has 140 valence electrons. The van der Waals surface area contributed by atoms with E-state index in [9.17, 15) is 10.1 Å². The smallest absolute Gasteiger partial charge is 0.161 e. The van der Waals surface area contributed by atoms with E-state index in [4.69, 9.17) is 28.9 Å². The van der Waals surface area contributed by atoms with E-state index in [0.29, 0.717) is 45.5 Å². The first-order chi connectivity index (χ1) is 13.5. The van der Waals surface area contributed by atoms with Crippen LogP contribution >= 0.6 is 23.2 Å². The van der Waals surface area contributed by atoms with Crippen molar-refractivity contribution in [2.75, 3.05) is 4.90 Å². The zero-order valence-corrected chi connectivity index (χ0v) is 16.5. The Morgan fingerprint density at radius 1 is 1.07 bits per heavy atom. The molecule has 0 bridgehead atoms. The molecule has 2 aliphatic rings. The fraction of sp³-hybridized carbons (Fsp3) is 0.182. The van der Waals surface area contributed by atoms with Crippen molar-refractivity contribution in [2.45, 2.75) is 25.2 Å². The van der Waals surface area contributed by atoms with E-state index in [1.54, 1.807) is 23.1 Å². The van der Waals surface area contributed by atoms with Crippen LogP contribution in [0.2, 0.25) is 10.0 Å². The lowest BCUT2D eigenvalue weighted by Gasteiger charge is -2.39. The molecule has 0 aromatic heterocycles. The fourth-order valence-electron chi connectivity index (χ4n) is 3.98. The molecule has 0 spiro atoms. The van der Waals surface area contributed by atoms with Crippen molar-refractivity contribution in [3.8, 4) is 6.07 Å². The van der Waals surface area contributed by atoms with E-state index in [1.165, 1.54) is 0 Å². The predicted octanol–water partition coefficient (Wildman–Crippen LogP) is 5.30. The lowest BCUT2D eigenvalue weighted by molar-refractivity contribution is -0.116. The number of nitrogens with two attached hydrogens (primary N) is 1. The number of carbonyl (C=O) groups is 1. The average Bonchev–Trinajstić information content (AvgIpc) is 2.70. The SMILES string of the molecule is N#CC1=C(N)N(c2ccc(Cl)c(Cl)c2)C2=C(C(=O)CCC2)C1c1ccccc1. The van der Waals surface area contributed by atoms with E-state index in [1.807, 2.05) is 30.3 Å². The molecular weight excluding hydrogens is 393 g/mol. The van der Waals surface area contributed by atoms with E-state index >= 15 is 0 Å². The number of nitriles is 1. The van der Waals surface area contributed by atoms with Gasteiger partial charge in [-0.15, -0.1) is 0 Å². The van der Waals surface area contributed by atoms with Gasteiger partial charge in [-0.25, -0.2) is 0 Å². The van der Waals surface area contributed by atoms with Crippen LogP contribution in [0.3, 0.4) is 0 Å². The Kier molecular flexibility index (Phi) is 4.89. The van der Waals surface area contributed by atoms with Crippen molar-refractivity contribution >= 4 is 34.7 Å². The second-order valence-corrected chi connectivity index (χ2v) is 7.64. The number of allylic oxidation sites excluding steroid dienone is 3. The van der Waals surface area contributed by atoms with Gasteiger partial charge in [0.15, 0.2) is 5.78 Å². The summed E-state index contributed by atoms with van der Waals surface area (Å²) in [6.07, 6.45) is 1.91. The van der Waals surface area contributed by atoms with E-state index < -0.39 is 5.92 Å². The predicted molar refractivity (Wildman–Crippen MR) is 111 cm³/mol. The summed E-state index contributed by atoms with van der Waals surface area (Å²) in [5.41, 5.74) is 9.92. The quantitative estimate of drug-likeness (QED) is 0.730. The fourth-order valence-corrected chi connectivity index (χ4v) is 4.28. The third-order valence-electron chi connectivity index (χ3n) is 5.21. The van der Waals surface area contributed by atoms with Crippen LogP contribution in [0.15, 0.2) is 71.2 Å². The highest BCUT2D eigenvalue weighted by Gasteiger charge is 2.40. The Morgan fingerprint density at radius 3 is 2.50 bits per heavy atom. The van der Waals surface area contributed by atoms with Gasteiger partial charge in [0.05, 0.1) is 27.6 Å². The first kappa shape index (κ1) is 18.6. The highest BCUT2D eigenvalue weighted by atomic mass is 35.5. The Hall–Kier alpha value is -2.74. The number of carbonyl (C=O) groups excluding carboxylic acids is 1. The number of hydrogen-bond donors (Lipinski definition) is 1. The molecule has 0 amide bonds. The van der Waals surface area contributed by atoms with Crippen LogP contribution in [0.1, 0.15) is 30.7 Å². The second kappa shape index (κ2) is 7.35. The molecule has 0 saturated carbocycles. The summed E-state index contributed by atoms with van der Waals surface area (Å²) < 4.78 is 0. The standard InChI is InChI=1S/C22H17Cl2N3O/c23-16-10-9-14(11-17(16)24)27-18-7-4-8-19(28)21(18)20(15(12-25)22(27)26)13-5-2-1-3-6-13/h1-3,5-6,9-11,20H,4,7-8,26H2. The van der Waals surface area contributed by atoms with Crippen LogP contribution in [0.4, 0.5) is 5.69 Å². The molecule has 28 heavy (non-hydrogen) atoms. The lowest BCUT2D eigenvalue weighted by atomic mass is 9.75. The average molecular weight is 410 g/mol. The van der Waals surface area contributed by atoms with Gasteiger partial charge in [-0.1, -0.05) is 53.5 Å². The van der Waals surface area contributed by atoms with Crippen LogP contribution in [-0.2, 0) is 4.79 Å². The van der Waals surface area contributed by atoms with Crippen molar-refractivity contribution < 1.29 is 4.79 Å². The van der Waals surface area contributed by atoms with E-state index in [2.05, 4.69) is 6.07 Å². The van der Waals surface area contributed by atoms with Gasteiger partial charge in [0.25, 0.3) is 0 Å². The summed E-state index contributed by atoms with van der Waals surface area (Å²) in [7, 11) is 0. The zero-order valence-electron chi connectivity index (χ0n) is 15.0. The minimum atomic E-state index is -0.451. The van der Waals surface area contributed by atoms with Crippen LogP contribution in [0, 0.1) is 11.3 Å². The van der Waals surface area contributed by atoms with Gasteiger partial charge in [-0.2, -0.15) is 5.26 Å². The number of anilines is 1. The molecule has 0 fully saturated rings. The third-order valence-corrected chi connectivity index (χ3v) is 5.95. The molecule has 1 unspecified atom stereocenters. The van der Waals surface area contributed by atoms with Crippen molar-refractivity contribution in [1.29, 1.82) is 5.26 Å². The van der Waals surface area contributed by atoms with Gasteiger partial charge in [0, 0.05) is 23.4 Å². The molecule has 2 aromatic rings. The number of halogens is 2. The molecule has 2 N–H and O–H groups in total. The number of ketones is 1. The molecule has 6 heteroatoms.